The summed E-state index contributed by atoms with van der Waals surface area (Å²) >= 11 is 3.10. The molecule has 1 aliphatic rings. The number of hydrogen-bond acceptors (Lipinski definition) is 1. The molecule has 3 rings (SSSR count). The monoisotopic (exact) mass is 351 g/mol. The first kappa shape index (κ1) is 14.5. The van der Waals surface area contributed by atoms with Crippen LogP contribution in [0.15, 0.2) is 40.9 Å². The Bertz CT molecular complexity index is 634. The Morgan fingerprint density at radius 3 is 2.52 bits per heavy atom. The summed E-state index contributed by atoms with van der Waals surface area (Å²) in [7, 11) is 0. The molecule has 1 N–H and O–H groups in total. The molecule has 1 atom stereocenters. The summed E-state index contributed by atoms with van der Waals surface area (Å²) in [5, 5.41) is 3.07. The van der Waals surface area contributed by atoms with Gasteiger partial charge in [-0.15, -0.1) is 0 Å². The second-order valence-electron chi connectivity index (χ2n) is 5.39. The van der Waals surface area contributed by atoms with E-state index in [1.54, 1.807) is 0 Å². The molecule has 0 spiro atoms. The number of anilines is 1. The molecule has 0 saturated heterocycles. The Balaban J connectivity index is 1.95. The lowest BCUT2D eigenvalue weighted by molar-refractivity contribution is 0.573. The molecule has 0 bridgehead atoms. The highest BCUT2D eigenvalue weighted by Crippen LogP contribution is 2.33. The SMILES string of the molecule is Fc1cc(Br)cc(F)c1NC1CCCCc2ccccc21. The first-order valence-corrected chi connectivity index (χ1v) is 7.93. The lowest BCUT2D eigenvalue weighted by Gasteiger charge is -2.21. The molecular weight excluding hydrogens is 336 g/mol. The summed E-state index contributed by atoms with van der Waals surface area (Å²) in [6.45, 7) is 0. The molecule has 110 valence electrons. The van der Waals surface area contributed by atoms with Crippen molar-refractivity contribution >= 4 is 21.6 Å². The molecule has 1 unspecified atom stereocenters. The lowest BCUT2D eigenvalue weighted by atomic mass is 9.99. The molecule has 0 saturated carbocycles. The zero-order valence-corrected chi connectivity index (χ0v) is 13.1. The Hall–Kier alpha value is -1.42. The first-order valence-electron chi connectivity index (χ1n) is 7.14. The van der Waals surface area contributed by atoms with Crippen molar-refractivity contribution in [2.24, 2.45) is 0 Å². The van der Waals surface area contributed by atoms with E-state index in [9.17, 15) is 8.78 Å². The van der Waals surface area contributed by atoms with Crippen molar-refractivity contribution in [2.75, 3.05) is 5.32 Å². The van der Waals surface area contributed by atoms with Crippen molar-refractivity contribution < 1.29 is 8.78 Å². The van der Waals surface area contributed by atoms with Gasteiger partial charge in [-0.25, -0.2) is 8.78 Å². The van der Waals surface area contributed by atoms with E-state index < -0.39 is 11.6 Å². The van der Waals surface area contributed by atoms with E-state index in [4.69, 9.17) is 0 Å². The minimum Gasteiger partial charge on any atom is -0.373 e. The molecule has 0 aromatic heterocycles. The largest absolute Gasteiger partial charge is 0.373 e. The van der Waals surface area contributed by atoms with Crippen LogP contribution in [0.1, 0.15) is 36.4 Å². The second-order valence-corrected chi connectivity index (χ2v) is 6.30. The maximum Gasteiger partial charge on any atom is 0.150 e. The average molecular weight is 352 g/mol. The maximum atomic E-state index is 14.0. The highest BCUT2D eigenvalue weighted by Gasteiger charge is 2.21. The third kappa shape index (κ3) is 3.10. The summed E-state index contributed by atoms with van der Waals surface area (Å²) in [6.07, 6.45) is 4.07. The van der Waals surface area contributed by atoms with Crippen molar-refractivity contribution in [1.82, 2.24) is 0 Å². The fourth-order valence-electron chi connectivity index (χ4n) is 2.93. The minimum absolute atomic E-state index is 0.0418. The summed E-state index contributed by atoms with van der Waals surface area (Å²) in [5.41, 5.74) is 2.38. The van der Waals surface area contributed by atoms with Gasteiger partial charge in [0.25, 0.3) is 0 Å². The van der Waals surface area contributed by atoms with Crippen LogP contribution in [-0.2, 0) is 6.42 Å². The lowest BCUT2D eigenvalue weighted by Crippen LogP contribution is -2.13. The van der Waals surface area contributed by atoms with E-state index >= 15 is 0 Å². The van der Waals surface area contributed by atoms with Crippen molar-refractivity contribution in [3.63, 3.8) is 0 Å². The molecule has 0 heterocycles. The third-order valence-corrected chi connectivity index (χ3v) is 4.40. The van der Waals surface area contributed by atoms with Crippen LogP contribution in [0, 0.1) is 11.6 Å². The Labute approximate surface area is 131 Å². The zero-order chi connectivity index (χ0) is 14.8. The van der Waals surface area contributed by atoms with Gasteiger partial charge >= 0.3 is 0 Å². The topological polar surface area (TPSA) is 12.0 Å². The number of benzene rings is 2. The van der Waals surface area contributed by atoms with Gasteiger partial charge in [-0.05, 0) is 42.5 Å². The van der Waals surface area contributed by atoms with Crippen LogP contribution < -0.4 is 5.32 Å². The normalized spacial score (nSPS) is 18.0. The quantitative estimate of drug-likeness (QED) is 0.693. The van der Waals surface area contributed by atoms with Gasteiger partial charge < -0.3 is 5.32 Å². The standard InChI is InChI=1S/C17H16BrF2N/c18-12-9-14(19)17(15(20)10-12)21-16-8-4-2-6-11-5-1-3-7-13(11)16/h1,3,5,7,9-10,16,21H,2,4,6,8H2. The molecule has 2 aromatic carbocycles. The van der Waals surface area contributed by atoms with Crippen LogP contribution in [0.25, 0.3) is 0 Å². The van der Waals surface area contributed by atoms with Crippen LogP contribution in [0.5, 0.6) is 0 Å². The molecule has 4 heteroatoms. The number of rotatable bonds is 2. The Morgan fingerprint density at radius 1 is 1.05 bits per heavy atom. The summed E-state index contributed by atoms with van der Waals surface area (Å²) in [6, 6.07) is 10.7. The van der Waals surface area contributed by atoms with Gasteiger partial charge in [0.2, 0.25) is 0 Å². The van der Waals surface area contributed by atoms with Gasteiger partial charge in [0.1, 0.15) is 17.3 Å². The van der Waals surface area contributed by atoms with Crippen LogP contribution in [0.2, 0.25) is 0 Å². The van der Waals surface area contributed by atoms with Crippen LogP contribution in [0.3, 0.4) is 0 Å². The highest BCUT2D eigenvalue weighted by atomic mass is 79.9. The third-order valence-electron chi connectivity index (χ3n) is 3.94. The fraction of sp³-hybridized carbons (Fsp3) is 0.294. The summed E-state index contributed by atoms with van der Waals surface area (Å²) in [5.74, 6) is -1.13. The predicted molar refractivity (Wildman–Crippen MR) is 84.4 cm³/mol. The molecular formula is C17H16BrF2N. The number of nitrogens with one attached hydrogen (secondary N) is 1. The average Bonchev–Trinajstić information content (AvgIpc) is 2.65. The van der Waals surface area contributed by atoms with Gasteiger partial charge in [-0.3, -0.25) is 0 Å². The van der Waals surface area contributed by atoms with Crippen LogP contribution >= 0.6 is 15.9 Å². The highest BCUT2D eigenvalue weighted by molar-refractivity contribution is 9.10. The van der Waals surface area contributed by atoms with E-state index in [1.807, 2.05) is 18.2 Å². The van der Waals surface area contributed by atoms with E-state index in [1.165, 1.54) is 17.7 Å². The second kappa shape index (κ2) is 6.14. The van der Waals surface area contributed by atoms with Gasteiger partial charge in [-0.1, -0.05) is 46.6 Å². The van der Waals surface area contributed by atoms with E-state index in [0.717, 1.165) is 31.2 Å². The summed E-state index contributed by atoms with van der Waals surface area (Å²) in [4.78, 5) is 0. The first-order chi connectivity index (χ1) is 10.1. The van der Waals surface area contributed by atoms with Gasteiger partial charge in [0.05, 0.1) is 6.04 Å². The van der Waals surface area contributed by atoms with Crippen molar-refractivity contribution in [3.8, 4) is 0 Å². The van der Waals surface area contributed by atoms with Gasteiger partial charge in [0.15, 0.2) is 0 Å². The zero-order valence-electron chi connectivity index (χ0n) is 11.5. The maximum absolute atomic E-state index is 14.0. The fourth-order valence-corrected chi connectivity index (χ4v) is 3.33. The molecule has 0 aliphatic heterocycles. The van der Waals surface area contributed by atoms with Crippen LogP contribution in [0.4, 0.5) is 14.5 Å². The van der Waals surface area contributed by atoms with Gasteiger partial charge in [0, 0.05) is 4.47 Å². The molecule has 21 heavy (non-hydrogen) atoms. The number of fused-ring (bicyclic) bond motifs is 1. The van der Waals surface area contributed by atoms with Crippen molar-refractivity contribution in [2.45, 2.75) is 31.7 Å². The molecule has 0 radical (unpaired) electrons. The minimum atomic E-state index is -0.566. The smallest absolute Gasteiger partial charge is 0.150 e. The van der Waals surface area contributed by atoms with E-state index in [-0.39, 0.29) is 11.7 Å². The molecule has 2 aromatic rings. The number of aryl methyl sites for hydroxylation is 1. The van der Waals surface area contributed by atoms with Gasteiger partial charge in [-0.2, -0.15) is 0 Å². The number of halogens is 3. The van der Waals surface area contributed by atoms with Crippen LogP contribution in [-0.4, -0.2) is 0 Å². The predicted octanol–water partition coefficient (Wildman–Crippen LogP) is 5.61. The Morgan fingerprint density at radius 2 is 1.76 bits per heavy atom. The van der Waals surface area contributed by atoms with Crippen molar-refractivity contribution in [1.29, 1.82) is 0 Å². The van der Waals surface area contributed by atoms with Crippen molar-refractivity contribution in [3.05, 3.63) is 63.6 Å². The van der Waals surface area contributed by atoms with E-state index in [0.29, 0.717) is 4.47 Å². The van der Waals surface area contributed by atoms with E-state index in [2.05, 4.69) is 27.3 Å². The summed E-state index contributed by atoms with van der Waals surface area (Å²) < 4.78 is 28.4. The Kier molecular flexibility index (Phi) is 4.24. The molecule has 1 aliphatic carbocycles. The molecule has 0 fully saturated rings. The molecule has 0 amide bonds. The molecule has 1 nitrogen and oxygen atoms in total. The number of hydrogen-bond donors (Lipinski definition) is 1.